The van der Waals surface area contributed by atoms with Crippen LogP contribution in [-0.2, 0) is 9.47 Å². The summed E-state index contributed by atoms with van der Waals surface area (Å²) >= 11 is 0. The fourth-order valence-corrected chi connectivity index (χ4v) is 3.06. The first-order valence-corrected chi connectivity index (χ1v) is 9.87. The van der Waals surface area contributed by atoms with Crippen LogP contribution in [0.4, 0.5) is 0 Å². The van der Waals surface area contributed by atoms with Gasteiger partial charge in [0.2, 0.25) is 0 Å². The van der Waals surface area contributed by atoms with Crippen LogP contribution >= 0.6 is 0 Å². The molecular weight excluding hydrogens is 380 g/mol. The van der Waals surface area contributed by atoms with Gasteiger partial charge in [-0.25, -0.2) is 4.79 Å². The number of esters is 1. The largest absolute Gasteiger partial charge is 0.491 e. The summed E-state index contributed by atoms with van der Waals surface area (Å²) < 4.78 is 18.1. The second kappa shape index (κ2) is 10.3. The molecule has 0 radical (unpaired) electrons. The zero-order valence-electron chi connectivity index (χ0n) is 17.1. The second-order valence-electron chi connectivity index (χ2n) is 6.41. The van der Waals surface area contributed by atoms with Gasteiger partial charge in [-0.15, -0.1) is 0 Å². The van der Waals surface area contributed by atoms with Crippen molar-refractivity contribution < 1.29 is 19.0 Å². The van der Waals surface area contributed by atoms with Crippen molar-refractivity contribution in [2.24, 2.45) is 0 Å². The van der Waals surface area contributed by atoms with Gasteiger partial charge in [0.15, 0.2) is 0 Å². The van der Waals surface area contributed by atoms with E-state index in [4.69, 9.17) is 14.2 Å². The molecule has 154 valence electrons. The number of nitrogens with zero attached hydrogens (tertiary/aromatic N) is 2. The molecule has 0 amide bonds. The van der Waals surface area contributed by atoms with Gasteiger partial charge in [-0.1, -0.05) is 18.2 Å². The van der Waals surface area contributed by atoms with Crippen molar-refractivity contribution >= 4 is 5.97 Å². The highest BCUT2D eigenvalue weighted by Gasteiger charge is 2.15. The number of rotatable bonds is 9. The molecule has 0 bridgehead atoms. The van der Waals surface area contributed by atoms with E-state index in [1.165, 1.54) is 0 Å². The summed E-state index contributed by atoms with van der Waals surface area (Å²) in [6, 6.07) is 17.0. The summed E-state index contributed by atoms with van der Waals surface area (Å²) in [5.74, 6) is 0.345. The number of para-hydroxylation sites is 1. The molecule has 1 aromatic heterocycles. The van der Waals surface area contributed by atoms with Crippen molar-refractivity contribution in [3.63, 3.8) is 0 Å². The standard InChI is InChI=1S/C24H24N2O4/c1-3-28-13-14-30-23-8-6-5-7-21(23)22-17-26(16-19(22)15-25)20-11-9-18(10-12-20)24(27)29-4-2/h5-12,16-17H,3-4,13-14H2,1-2H3. The highest BCUT2D eigenvalue weighted by Crippen LogP contribution is 2.33. The monoisotopic (exact) mass is 404 g/mol. The summed E-state index contributed by atoms with van der Waals surface area (Å²) in [5.41, 5.74) is 3.47. The van der Waals surface area contributed by atoms with Crippen molar-refractivity contribution in [2.75, 3.05) is 26.4 Å². The van der Waals surface area contributed by atoms with E-state index in [9.17, 15) is 10.1 Å². The zero-order chi connectivity index (χ0) is 21.3. The number of ether oxygens (including phenoxy) is 3. The van der Waals surface area contributed by atoms with Gasteiger partial charge < -0.3 is 18.8 Å². The zero-order valence-corrected chi connectivity index (χ0v) is 17.1. The predicted molar refractivity (Wildman–Crippen MR) is 114 cm³/mol. The number of benzene rings is 2. The Bertz CT molecular complexity index is 1030. The van der Waals surface area contributed by atoms with Crippen LogP contribution in [0.5, 0.6) is 5.75 Å². The van der Waals surface area contributed by atoms with E-state index in [0.29, 0.717) is 43.3 Å². The molecule has 0 aliphatic heterocycles. The van der Waals surface area contributed by atoms with Crippen LogP contribution in [0, 0.1) is 11.3 Å². The topological polar surface area (TPSA) is 73.5 Å². The fraction of sp³-hybridized carbons (Fsp3) is 0.250. The molecule has 0 atom stereocenters. The van der Waals surface area contributed by atoms with Gasteiger partial charge in [-0.05, 0) is 44.2 Å². The van der Waals surface area contributed by atoms with E-state index >= 15 is 0 Å². The van der Waals surface area contributed by atoms with E-state index in [2.05, 4.69) is 6.07 Å². The molecule has 1 heterocycles. The Labute approximate surface area is 176 Å². The summed E-state index contributed by atoms with van der Waals surface area (Å²) in [5, 5.41) is 9.67. The predicted octanol–water partition coefficient (Wildman–Crippen LogP) is 4.61. The lowest BCUT2D eigenvalue weighted by molar-refractivity contribution is 0.0526. The smallest absolute Gasteiger partial charge is 0.338 e. The van der Waals surface area contributed by atoms with Crippen LogP contribution < -0.4 is 4.74 Å². The normalized spacial score (nSPS) is 10.4. The summed E-state index contributed by atoms with van der Waals surface area (Å²) in [6.45, 7) is 5.62. The number of aromatic nitrogens is 1. The van der Waals surface area contributed by atoms with Crippen LogP contribution in [0.2, 0.25) is 0 Å². The third-order valence-corrected chi connectivity index (χ3v) is 4.49. The summed E-state index contributed by atoms with van der Waals surface area (Å²) in [7, 11) is 0. The van der Waals surface area contributed by atoms with Gasteiger partial charge in [-0.2, -0.15) is 5.26 Å². The van der Waals surface area contributed by atoms with Gasteiger partial charge in [0, 0.05) is 35.8 Å². The number of hydrogen-bond acceptors (Lipinski definition) is 5. The maximum absolute atomic E-state index is 11.9. The number of carbonyl (C=O) groups is 1. The molecule has 2 aromatic carbocycles. The maximum Gasteiger partial charge on any atom is 0.338 e. The second-order valence-corrected chi connectivity index (χ2v) is 6.41. The quantitative estimate of drug-likeness (QED) is 0.385. The van der Waals surface area contributed by atoms with Crippen molar-refractivity contribution in [3.05, 3.63) is 72.1 Å². The molecule has 0 saturated heterocycles. The van der Waals surface area contributed by atoms with Gasteiger partial charge in [-0.3, -0.25) is 0 Å². The molecule has 0 N–H and O–H groups in total. The minimum atomic E-state index is -0.354. The molecule has 0 spiro atoms. The van der Waals surface area contributed by atoms with Gasteiger partial charge in [0.05, 0.1) is 24.3 Å². The van der Waals surface area contributed by atoms with Crippen LogP contribution in [0.1, 0.15) is 29.8 Å². The summed E-state index contributed by atoms with van der Waals surface area (Å²) in [6.07, 6.45) is 3.66. The summed E-state index contributed by atoms with van der Waals surface area (Å²) in [4.78, 5) is 11.9. The number of carbonyl (C=O) groups excluding carboxylic acids is 1. The minimum Gasteiger partial charge on any atom is -0.491 e. The molecule has 6 heteroatoms. The Morgan fingerprint density at radius 2 is 1.73 bits per heavy atom. The molecule has 6 nitrogen and oxygen atoms in total. The number of nitriles is 1. The molecule has 30 heavy (non-hydrogen) atoms. The molecule has 0 saturated carbocycles. The van der Waals surface area contributed by atoms with E-state index in [0.717, 1.165) is 16.8 Å². The Morgan fingerprint density at radius 3 is 2.43 bits per heavy atom. The SMILES string of the molecule is CCOCCOc1ccccc1-c1cn(-c2ccc(C(=O)OCC)cc2)cc1C#N. The van der Waals surface area contributed by atoms with Gasteiger partial charge in [0.1, 0.15) is 18.4 Å². The first-order valence-electron chi connectivity index (χ1n) is 9.87. The molecule has 0 aliphatic rings. The van der Waals surface area contributed by atoms with Crippen molar-refractivity contribution in [1.82, 2.24) is 4.57 Å². The molecule has 0 aliphatic carbocycles. The Balaban J connectivity index is 1.89. The van der Waals surface area contributed by atoms with Crippen LogP contribution in [0.15, 0.2) is 60.9 Å². The Morgan fingerprint density at radius 1 is 0.967 bits per heavy atom. The first kappa shape index (κ1) is 21.2. The van der Waals surface area contributed by atoms with Gasteiger partial charge >= 0.3 is 5.97 Å². The molecule has 3 aromatic rings. The lowest BCUT2D eigenvalue weighted by Gasteiger charge is -2.11. The average molecular weight is 404 g/mol. The van der Waals surface area contributed by atoms with E-state index in [1.54, 1.807) is 25.3 Å². The third-order valence-electron chi connectivity index (χ3n) is 4.49. The molecule has 0 unspecified atom stereocenters. The van der Waals surface area contributed by atoms with Gasteiger partial charge in [0.25, 0.3) is 0 Å². The lowest BCUT2D eigenvalue weighted by Crippen LogP contribution is -2.06. The molecular formula is C24H24N2O4. The lowest BCUT2D eigenvalue weighted by atomic mass is 10.0. The average Bonchev–Trinajstić information content (AvgIpc) is 3.21. The molecule has 3 rings (SSSR count). The van der Waals surface area contributed by atoms with Crippen molar-refractivity contribution in [2.45, 2.75) is 13.8 Å². The van der Waals surface area contributed by atoms with Crippen LogP contribution in [-0.4, -0.2) is 37.0 Å². The molecule has 0 fully saturated rings. The third kappa shape index (κ3) is 4.88. The first-order chi connectivity index (χ1) is 14.7. The van der Waals surface area contributed by atoms with E-state index in [1.807, 2.05) is 54.1 Å². The highest BCUT2D eigenvalue weighted by molar-refractivity contribution is 5.89. The minimum absolute atomic E-state index is 0.332. The van der Waals surface area contributed by atoms with Crippen molar-refractivity contribution in [1.29, 1.82) is 5.26 Å². The van der Waals surface area contributed by atoms with E-state index < -0.39 is 0 Å². The highest BCUT2D eigenvalue weighted by atomic mass is 16.5. The van der Waals surface area contributed by atoms with Crippen LogP contribution in [0.25, 0.3) is 16.8 Å². The Kier molecular flexibility index (Phi) is 7.25. The maximum atomic E-state index is 11.9. The van der Waals surface area contributed by atoms with Crippen molar-refractivity contribution in [3.8, 4) is 28.6 Å². The van der Waals surface area contributed by atoms with Crippen LogP contribution in [0.3, 0.4) is 0 Å². The Hall–Kier alpha value is -3.56. The fourth-order valence-electron chi connectivity index (χ4n) is 3.06. The number of hydrogen-bond donors (Lipinski definition) is 0. The van der Waals surface area contributed by atoms with E-state index in [-0.39, 0.29) is 5.97 Å².